The van der Waals surface area contributed by atoms with Gasteiger partial charge in [0.15, 0.2) is 11.5 Å². The van der Waals surface area contributed by atoms with Gasteiger partial charge in [0, 0.05) is 30.3 Å². The zero-order chi connectivity index (χ0) is 42.2. The van der Waals surface area contributed by atoms with Crippen LogP contribution in [-0.4, -0.2) is 55.1 Å². The molecule has 2 aromatic carbocycles. The molecule has 14 heteroatoms. The van der Waals surface area contributed by atoms with Crippen LogP contribution in [0.2, 0.25) is 0 Å². The van der Waals surface area contributed by atoms with Crippen LogP contribution >= 0.6 is 0 Å². The van der Waals surface area contributed by atoms with Gasteiger partial charge in [-0.1, -0.05) is 117 Å². The van der Waals surface area contributed by atoms with Crippen molar-refractivity contribution in [1.29, 1.82) is 0 Å². The Balaban J connectivity index is 1.88. The third-order valence-electron chi connectivity index (χ3n) is 9.66. The smallest absolute Gasteiger partial charge is 0.460 e. The zero-order valence-electron chi connectivity index (χ0n) is 33.5. The van der Waals surface area contributed by atoms with E-state index in [0.29, 0.717) is 36.0 Å². The lowest BCUT2D eigenvalue weighted by atomic mass is 9.98. The topological polar surface area (TPSA) is 60.3 Å². The van der Waals surface area contributed by atoms with Gasteiger partial charge in [0.25, 0.3) is 0 Å². The maximum Gasteiger partial charge on any atom is 0.460 e. The minimum atomic E-state index is -6.87. The summed E-state index contributed by atoms with van der Waals surface area (Å²) < 4.78 is 135. The quantitative estimate of drug-likeness (QED) is 0.0453. The van der Waals surface area contributed by atoms with E-state index in [0.717, 1.165) is 25.7 Å². The first-order valence-corrected chi connectivity index (χ1v) is 20.7. The van der Waals surface area contributed by atoms with Gasteiger partial charge >= 0.3 is 23.9 Å². The lowest BCUT2D eigenvalue weighted by Crippen LogP contribution is -2.60. The molecule has 57 heavy (non-hydrogen) atoms. The number of benzene rings is 2. The molecule has 0 aliphatic rings. The van der Waals surface area contributed by atoms with Crippen molar-refractivity contribution in [3.05, 3.63) is 42.0 Å². The van der Waals surface area contributed by atoms with Crippen molar-refractivity contribution in [2.45, 2.75) is 173 Å². The highest BCUT2D eigenvalue weighted by molar-refractivity contribution is 5.85. The lowest BCUT2D eigenvalue weighted by Gasteiger charge is -2.33. The second-order valence-electron chi connectivity index (χ2n) is 14.6. The first kappa shape index (κ1) is 49.8. The largest absolute Gasteiger partial charge is 0.507 e. The number of phenols is 1. The molecular formula is C43H62F9NO4. The van der Waals surface area contributed by atoms with Crippen molar-refractivity contribution in [1.82, 2.24) is 0 Å². The van der Waals surface area contributed by atoms with Crippen molar-refractivity contribution in [2.24, 2.45) is 4.99 Å². The van der Waals surface area contributed by atoms with E-state index < -0.39 is 36.8 Å². The van der Waals surface area contributed by atoms with Crippen LogP contribution in [0.3, 0.4) is 0 Å². The predicted octanol–water partition coefficient (Wildman–Crippen LogP) is 15.0. The number of hydrogen-bond acceptors (Lipinski definition) is 5. The molecule has 326 valence electrons. The van der Waals surface area contributed by atoms with Crippen LogP contribution in [0.4, 0.5) is 45.2 Å². The molecule has 0 bridgehead atoms. The van der Waals surface area contributed by atoms with E-state index in [4.69, 9.17) is 14.2 Å². The van der Waals surface area contributed by atoms with E-state index in [2.05, 4.69) is 18.8 Å². The molecule has 0 radical (unpaired) electrons. The zero-order valence-corrected chi connectivity index (χ0v) is 33.5. The summed E-state index contributed by atoms with van der Waals surface area (Å²) in [6.45, 7) is 5.61. The van der Waals surface area contributed by atoms with Crippen LogP contribution in [0.15, 0.2) is 41.4 Å². The molecule has 0 saturated carbocycles. The summed E-state index contributed by atoms with van der Waals surface area (Å²) in [4.78, 5) is 4.52. The summed E-state index contributed by atoms with van der Waals surface area (Å²) >= 11 is 0. The number of nitrogens with zero attached hydrogens (tertiary/aromatic N) is 1. The third kappa shape index (κ3) is 17.6. The summed E-state index contributed by atoms with van der Waals surface area (Å²) in [5.74, 6) is -17.6. The van der Waals surface area contributed by atoms with Gasteiger partial charge in [0.2, 0.25) is 0 Å². The van der Waals surface area contributed by atoms with E-state index in [-0.39, 0.29) is 37.4 Å². The Bertz CT molecular complexity index is 1420. The van der Waals surface area contributed by atoms with Crippen molar-refractivity contribution in [2.75, 3.05) is 19.8 Å². The number of rotatable bonds is 32. The van der Waals surface area contributed by atoms with Crippen LogP contribution in [0.1, 0.15) is 154 Å². The Morgan fingerprint density at radius 1 is 0.526 bits per heavy atom. The highest BCUT2D eigenvalue weighted by atomic mass is 19.4. The maximum atomic E-state index is 13.7. The number of halogens is 9. The molecule has 0 unspecified atom stereocenters. The number of alkyl halides is 9. The highest BCUT2D eigenvalue weighted by Crippen LogP contribution is 2.54. The molecule has 2 rings (SSSR count). The molecular weight excluding hydrogens is 765 g/mol. The van der Waals surface area contributed by atoms with E-state index in [1.807, 2.05) is 18.2 Å². The number of phenolic OH excluding ortho intramolecular Hbond substituents is 1. The molecule has 0 saturated heterocycles. The standard InChI is InChI=1S/C43H62F9NO4/c1-3-5-7-9-11-13-16-21-29-56-38-26-24-35(31-39(38)57-30-22-17-14-12-10-8-6-4-2)53-33-34-23-25-36(32-37(34)54)55-28-20-18-15-19-27-40(44,45)41(46,47)42(48,49)43(50,51)52/h23-26,31-33,54H,3-22,27-30H2,1-2H3. The van der Waals surface area contributed by atoms with Crippen molar-refractivity contribution in [3.8, 4) is 23.0 Å². The fourth-order valence-electron chi connectivity index (χ4n) is 6.07. The molecule has 5 nitrogen and oxygen atoms in total. The molecule has 0 spiro atoms. The second kappa shape index (κ2) is 25.9. The van der Waals surface area contributed by atoms with E-state index in [1.54, 1.807) is 12.1 Å². The SMILES string of the molecule is CCCCCCCCCCOc1ccc(N=Cc2ccc(OCCCCCCC(F)(F)C(F)(F)C(F)(F)C(F)(F)F)cc2O)cc1OCCCCCCCCCC. The van der Waals surface area contributed by atoms with Crippen LogP contribution in [0, 0.1) is 0 Å². The minimum absolute atomic E-state index is 0.0424. The molecule has 0 aliphatic heterocycles. The average Bonchev–Trinajstić information content (AvgIpc) is 3.15. The fraction of sp³-hybridized carbons (Fsp3) is 0.698. The molecule has 2 aromatic rings. The van der Waals surface area contributed by atoms with Crippen molar-refractivity contribution < 1.29 is 58.8 Å². The highest BCUT2D eigenvalue weighted by Gasteiger charge is 2.81. The molecule has 1 N–H and O–H groups in total. The van der Waals surface area contributed by atoms with Gasteiger partial charge in [0.1, 0.15) is 11.5 Å². The molecule has 0 aromatic heterocycles. The minimum Gasteiger partial charge on any atom is -0.507 e. The van der Waals surface area contributed by atoms with Gasteiger partial charge in [0.05, 0.1) is 25.5 Å². The Morgan fingerprint density at radius 2 is 1.00 bits per heavy atom. The monoisotopic (exact) mass is 827 g/mol. The van der Waals surface area contributed by atoms with Crippen molar-refractivity contribution in [3.63, 3.8) is 0 Å². The molecule has 0 atom stereocenters. The van der Waals surface area contributed by atoms with Gasteiger partial charge < -0.3 is 19.3 Å². The van der Waals surface area contributed by atoms with E-state index in [9.17, 15) is 44.6 Å². The first-order chi connectivity index (χ1) is 27.1. The number of ether oxygens (including phenoxy) is 3. The summed E-state index contributed by atoms with van der Waals surface area (Å²) in [5, 5.41) is 10.6. The Hall–Kier alpha value is -3.32. The number of aromatic hydroxyl groups is 1. The lowest BCUT2D eigenvalue weighted by molar-refractivity contribution is -0.396. The third-order valence-corrected chi connectivity index (χ3v) is 9.66. The predicted molar refractivity (Wildman–Crippen MR) is 207 cm³/mol. The van der Waals surface area contributed by atoms with Crippen molar-refractivity contribution >= 4 is 11.9 Å². The molecule has 0 fully saturated rings. The Kier molecular flexibility index (Phi) is 22.7. The van der Waals surface area contributed by atoms with Gasteiger partial charge in [-0.2, -0.15) is 39.5 Å². The summed E-state index contributed by atoms with van der Waals surface area (Å²) in [6.07, 6.45) is 11.5. The van der Waals surface area contributed by atoms with E-state index in [1.165, 1.54) is 89.3 Å². The van der Waals surface area contributed by atoms with Gasteiger partial charge in [-0.25, -0.2) is 0 Å². The summed E-state index contributed by atoms with van der Waals surface area (Å²) in [7, 11) is 0. The average molecular weight is 828 g/mol. The van der Waals surface area contributed by atoms with Gasteiger partial charge in [-0.3, -0.25) is 4.99 Å². The van der Waals surface area contributed by atoms with Crippen LogP contribution in [0.25, 0.3) is 0 Å². The summed E-state index contributed by atoms with van der Waals surface area (Å²) in [5.41, 5.74) is 0.989. The second-order valence-corrected chi connectivity index (χ2v) is 14.6. The summed E-state index contributed by atoms with van der Waals surface area (Å²) in [6, 6.07) is 9.96. The van der Waals surface area contributed by atoms with Crippen LogP contribution < -0.4 is 14.2 Å². The van der Waals surface area contributed by atoms with Crippen LogP contribution in [-0.2, 0) is 0 Å². The fourth-order valence-corrected chi connectivity index (χ4v) is 6.07. The normalized spacial score (nSPS) is 12.8. The Labute approximate surface area is 332 Å². The maximum absolute atomic E-state index is 13.7. The molecule has 0 aliphatic carbocycles. The van der Waals surface area contributed by atoms with Gasteiger partial charge in [-0.05, 0) is 49.9 Å². The van der Waals surface area contributed by atoms with Gasteiger partial charge in [-0.15, -0.1) is 0 Å². The number of aliphatic imine (C=N–C) groups is 1. The number of unbranched alkanes of at least 4 members (excludes halogenated alkanes) is 17. The van der Waals surface area contributed by atoms with E-state index >= 15 is 0 Å². The molecule has 0 heterocycles. The molecule has 0 amide bonds. The van der Waals surface area contributed by atoms with Crippen LogP contribution in [0.5, 0.6) is 23.0 Å². The Morgan fingerprint density at radius 3 is 1.51 bits per heavy atom. The first-order valence-electron chi connectivity index (χ1n) is 20.7. The number of hydrogen-bond donors (Lipinski definition) is 1.